The molecule has 2 unspecified atom stereocenters. The third-order valence-electron chi connectivity index (χ3n) is 7.59. The van der Waals surface area contributed by atoms with Gasteiger partial charge in [0, 0.05) is 37.5 Å². The molecule has 2 saturated heterocycles. The molecule has 0 aliphatic carbocycles. The number of benzene rings is 1. The molecule has 34 heavy (non-hydrogen) atoms. The second-order valence-corrected chi connectivity index (χ2v) is 11.2. The van der Waals surface area contributed by atoms with Crippen molar-refractivity contribution in [2.24, 2.45) is 0 Å². The summed E-state index contributed by atoms with van der Waals surface area (Å²) in [5.74, 6) is 0.941. The van der Waals surface area contributed by atoms with Gasteiger partial charge < -0.3 is 14.0 Å². The SMILES string of the molecule is C[N+]1(CCCOc2ccccc2)C2CCC1CC(OC(=O)N(Cc1ccsc1)c1ccsc1)C2. The molecule has 2 aliphatic rings. The topological polar surface area (TPSA) is 38.8 Å². The predicted octanol–water partition coefficient (Wildman–Crippen LogP) is 6.56. The molecule has 4 heterocycles. The van der Waals surface area contributed by atoms with Gasteiger partial charge in [0.2, 0.25) is 0 Å². The Labute approximate surface area is 210 Å². The lowest BCUT2D eigenvalue weighted by atomic mass is 9.96. The minimum atomic E-state index is -0.221. The second kappa shape index (κ2) is 10.5. The van der Waals surface area contributed by atoms with E-state index in [0.717, 1.165) is 53.9 Å². The van der Waals surface area contributed by atoms with Crippen LogP contribution >= 0.6 is 22.7 Å². The van der Waals surface area contributed by atoms with E-state index < -0.39 is 0 Å². The Morgan fingerprint density at radius 2 is 1.76 bits per heavy atom. The van der Waals surface area contributed by atoms with E-state index >= 15 is 0 Å². The highest BCUT2D eigenvalue weighted by Gasteiger charge is 2.52. The van der Waals surface area contributed by atoms with E-state index in [1.807, 2.05) is 47.2 Å². The Bertz CT molecular complexity index is 1030. The van der Waals surface area contributed by atoms with Gasteiger partial charge in [-0.15, -0.1) is 0 Å². The molecular weight excluding hydrogens is 464 g/mol. The summed E-state index contributed by atoms with van der Waals surface area (Å²) in [5.41, 5.74) is 2.05. The van der Waals surface area contributed by atoms with E-state index in [-0.39, 0.29) is 12.2 Å². The molecule has 2 aromatic heterocycles. The van der Waals surface area contributed by atoms with Gasteiger partial charge in [-0.05, 0) is 46.0 Å². The number of nitrogens with zero attached hydrogens (tertiary/aromatic N) is 2. The van der Waals surface area contributed by atoms with E-state index in [9.17, 15) is 4.79 Å². The van der Waals surface area contributed by atoms with Crippen molar-refractivity contribution in [2.75, 3.05) is 25.1 Å². The lowest BCUT2D eigenvalue weighted by molar-refractivity contribution is -0.949. The van der Waals surface area contributed by atoms with Crippen molar-refractivity contribution in [1.82, 2.24) is 0 Å². The Kier molecular flexibility index (Phi) is 7.23. The third-order valence-corrected chi connectivity index (χ3v) is 9.00. The maximum atomic E-state index is 13.3. The monoisotopic (exact) mass is 497 g/mol. The number of hydrogen-bond donors (Lipinski definition) is 0. The number of anilines is 1. The maximum Gasteiger partial charge on any atom is 0.414 e. The van der Waals surface area contributed by atoms with Gasteiger partial charge >= 0.3 is 6.09 Å². The minimum Gasteiger partial charge on any atom is -0.493 e. The van der Waals surface area contributed by atoms with Crippen LogP contribution in [0.25, 0.3) is 0 Å². The number of para-hydroxylation sites is 1. The summed E-state index contributed by atoms with van der Waals surface area (Å²) >= 11 is 3.26. The summed E-state index contributed by atoms with van der Waals surface area (Å²) in [5, 5.41) is 8.17. The minimum absolute atomic E-state index is 0.000351. The van der Waals surface area contributed by atoms with Crippen LogP contribution in [-0.2, 0) is 11.3 Å². The summed E-state index contributed by atoms with van der Waals surface area (Å²) in [6.07, 6.45) is 5.16. The van der Waals surface area contributed by atoms with E-state index in [4.69, 9.17) is 9.47 Å². The number of thiophene rings is 2. The zero-order valence-corrected chi connectivity index (χ0v) is 21.3. The van der Waals surface area contributed by atoms with Crippen molar-refractivity contribution in [1.29, 1.82) is 0 Å². The highest BCUT2D eigenvalue weighted by atomic mass is 32.1. The van der Waals surface area contributed by atoms with Gasteiger partial charge in [0.15, 0.2) is 0 Å². The number of carbonyl (C=O) groups is 1. The molecule has 0 saturated carbocycles. The fraction of sp³-hybridized carbons (Fsp3) is 0.444. The number of hydrogen-bond acceptors (Lipinski definition) is 5. The highest BCUT2D eigenvalue weighted by Crippen LogP contribution is 2.42. The number of rotatable bonds is 9. The first kappa shape index (κ1) is 23.4. The Balaban J connectivity index is 1.16. The Hall–Kier alpha value is -2.35. The molecule has 2 bridgehead atoms. The quantitative estimate of drug-likeness (QED) is 0.248. The molecule has 0 radical (unpaired) electrons. The van der Waals surface area contributed by atoms with E-state index in [0.29, 0.717) is 18.6 Å². The van der Waals surface area contributed by atoms with Gasteiger partial charge in [0.25, 0.3) is 0 Å². The molecule has 5 nitrogen and oxygen atoms in total. The van der Waals surface area contributed by atoms with Crippen LogP contribution in [0.3, 0.4) is 0 Å². The van der Waals surface area contributed by atoms with Gasteiger partial charge in [0.05, 0.1) is 44.5 Å². The third kappa shape index (κ3) is 5.16. The average molecular weight is 498 g/mol. The van der Waals surface area contributed by atoms with Gasteiger partial charge in [-0.25, -0.2) is 4.79 Å². The lowest BCUT2D eigenvalue weighted by Crippen LogP contribution is -2.59. The first-order valence-electron chi connectivity index (χ1n) is 12.2. The van der Waals surface area contributed by atoms with Crippen molar-refractivity contribution >= 4 is 34.5 Å². The number of amides is 1. The van der Waals surface area contributed by atoms with Crippen molar-refractivity contribution < 1.29 is 18.8 Å². The summed E-state index contributed by atoms with van der Waals surface area (Å²) in [6, 6.07) is 15.2. The predicted molar refractivity (Wildman–Crippen MR) is 139 cm³/mol. The van der Waals surface area contributed by atoms with Crippen molar-refractivity contribution in [3.63, 3.8) is 0 Å². The zero-order valence-electron chi connectivity index (χ0n) is 19.7. The number of fused-ring (bicyclic) bond motifs is 2. The molecule has 180 valence electrons. The van der Waals surface area contributed by atoms with Gasteiger partial charge in [-0.1, -0.05) is 18.2 Å². The molecule has 7 heteroatoms. The first-order valence-corrected chi connectivity index (χ1v) is 14.0. The van der Waals surface area contributed by atoms with Crippen LogP contribution in [0.1, 0.15) is 37.7 Å². The van der Waals surface area contributed by atoms with Crippen LogP contribution in [0, 0.1) is 0 Å². The standard InChI is InChI=1S/C27H33N2O3S2/c1-29(12-5-13-31-25-6-3-2-4-7-25)23-8-9-24(29)17-26(16-23)32-27(30)28(22-11-15-34-20-22)18-21-10-14-33-19-21/h2-4,6-7,10-11,14-15,19-20,23-24,26H,5,8-9,12-13,16-18H2,1H3/q+1. The van der Waals surface area contributed by atoms with Gasteiger partial charge in [-0.2, -0.15) is 22.7 Å². The molecule has 3 aromatic rings. The van der Waals surface area contributed by atoms with Crippen LogP contribution in [0.2, 0.25) is 0 Å². The Morgan fingerprint density at radius 3 is 2.44 bits per heavy atom. The van der Waals surface area contributed by atoms with Crippen LogP contribution < -0.4 is 9.64 Å². The summed E-state index contributed by atoms with van der Waals surface area (Å²) in [4.78, 5) is 15.0. The second-order valence-electron chi connectivity index (χ2n) is 9.65. The number of carbonyl (C=O) groups excluding carboxylic acids is 1. The maximum absolute atomic E-state index is 13.3. The number of piperidine rings is 1. The lowest BCUT2D eigenvalue weighted by Gasteiger charge is -2.47. The molecule has 1 aromatic carbocycles. The Morgan fingerprint density at radius 1 is 1.03 bits per heavy atom. The molecule has 0 N–H and O–H groups in total. The van der Waals surface area contributed by atoms with Crippen LogP contribution in [-0.4, -0.2) is 49.0 Å². The fourth-order valence-electron chi connectivity index (χ4n) is 5.71. The largest absolute Gasteiger partial charge is 0.493 e. The number of ether oxygens (including phenoxy) is 2. The van der Waals surface area contributed by atoms with Gasteiger partial charge in [0.1, 0.15) is 11.9 Å². The van der Waals surface area contributed by atoms with Gasteiger partial charge in [-0.3, -0.25) is 4.90 Å². The molecule has 2 atom stereocenters. The molecular formula is C27H33N2O3S2+. The normalized spacial score (nSPS) is 25.7. The van der Waals surface area contributed by atoms with E-state index in [1.54, 1.807) is 27.6 Å². The fourth-order valence-corrected chi connectivity index (χ4v) is 7.01. The summed E-state index contributed by atoms with van der Waals surface area (Å²) in [6.45, 7) is 2.41. The summed E-state index contributed by atoms with van der Waals surface area (Å²) in [7, 11) is 2.40. The zero-order chi connectivity index (χ0) is 23.4. The van der Waals surface area contributed by atoms with Crippen molar-refractivity contribution in [3.8, 4) is 5.75 Å². The molecule has 5 rings (SSSR count). The molecule has 1 amide bonds. The van der Waals surface area contributed by atoms with Crippen LogP contribution in [0.15, 0.2) is 64.0 Å². The van der Waals surface area contributed by atoms with E-state index in [2.05, 4.69) is 23.9 Å². The van der Waals surface area contributed by atoms with E-state index in [1.165, 1.54) is 12.8 Å². The highest BCUT2D eigenvalue weighted by molar-refractivity contribution is 7.08. The molecule has 0 spiro atoms. The first-order chi connectivity index (χ1) is 16.6. The van der Waals surface area contributed by atoms with Crippen LogP contribution in [0.4, 0.5) is 10.5 Å². The summed E-state index contributed by atoms with van der Waals surface area (Å²) < 4.78 is 13.2. The van der Waals surface area contributed by atoms with Crippen molar-refractivity contribution in [2.45, 2.75) is 56.8 Å². The average Bonchev–Trinajstić information content (AvgIpc) is 3.58. The molecule has 2 aliphatic heterocycles. The number of quaternary nitrogens is 1. The molecule has 2 fully saturated rings. The smallest absolute Gasteiger partial charge is 0.414 e. The van der Waals surface area contributed by atoms with Crippen LogP contribution in [0.5, 0.6) is 5.75 Å². The van der Waals surface area contributed by atoms with Crippen molar-refractivity contribution in [3.05, 3.63) is 69.5 Å².